The van der Waals surface area contributed by atoms with E-state index >= 15 is 0 Å². The normalized spacial score (nSPS) is 17.9. The lowest BCUT2D eigenvalue weighted by Gasteiger charge is -2.26. The maximum Gasteiger partial charge on any atom is 0.307 e. The molecule has 2 rings (SSSR count). The molecule has 116 valence electrons. The summed E-state index contributed by atoms with van der Waals surface area (Å²) < 4.78 is 4.59. The van der Waals surface area contributed by atoms with Gasteiger partial charge in [0, 0.05) is 12.6 Å². The summed E-state index contributed by atoms with van der Waals surface area (Å²) in [5.41, 5.74) is 2.44. The first-order valence-corrected chi connectivity index (χ1v) is 6.77. The molecule has 0 bridgehead atoms. The first-order chi connectivity index (χ1) is 9.60. The molecular weight excluding hydrogens is 292 g/mol. The molecule has 2 atom stereocenters. The highest BCUT2D eigenvalue weighted by molar-refractivity contribution is 5.85. The number of hydrogen-bond acceptors (Lipinski definition) is 4. The summed E-state index contributed by atoms with van der Waals surface area (Å²) in [6.07, 6.45) is 0.860. The zero-order valence-electron chi connectivity index (χ0n) is 12.2. The van der Waals surface area contributed by atoms with Gasteiger partial charge in [0.15, 0.2) is 0 Å². The predicted octanol–water partition coefficient (Wildman–Crippen LogP) is 1.19. The zero-order valence-corrected chi connectivity index (χ0v) is 13.0. The molecule has 1 amide bonds. The molecule has 1 aromatic rings. The Kier molecular flexibility index (Phi) is 6.65. The number of ether oxygens (including phenoxy) is 1. The number of carbonyl (C=O) groups excluding carboxylic acids is 2. The van der Waals surface area contributed by atoms with E-state index in [2.05, 4.69) is 21.4 Å². The van der Waals surface area contributed by atoms with E-state index in [1.54, 1.807) is 6.92 Å². The summed E-state index contributed by atoms with van der Waals surface area (Å²) in [5, 5.41) is 6.06. The number of carbonyl (C=O) groups is 2. The van der Waals surface area contributed by atoms with E-state index in [-0.39, 0.29) is 42.8 Å². The molecule has 0 saturated heterocycles. The van der Waals surface area contributed by atoms with E-state index in [0.717, 1.165) is 0 Å². The molecule has 0 spiro atoms. The third kappa shape index (κ3) is 4.72. The molecule has 1 aliphatic rings. The second-order valence-corrected chi connectivity index (χ2v) is 5.10. The fraction of sp³-hybridized carbons (Fsp3) is 0.467. The highest BCUT2D eigenvalue weighted by Gasteiger charge is 2.25. The van der Waals surface area contributed by atoms with Crippen LogP contribution in [0.3, 0.4) is 0 Å². The molecule has 0 saturated carbocycles. The van der Waals surface area contributed by atoms with Crippen molar-refractivity contribution in [1.29, 1.82) is 0 Å². The van der Waals surface area contributed by atoms with Gasteiger partial charge in [0.05, 0.1) is 19.6 Å². The summed E-state index contributed by atoms with van der Waals surface area (Å²) in [5.74, 6) is -0.393. The van der Waals surface area contributed by atoms with Crippen molar-refractivity contribution in [3.8, 4) is 0 Å². The Morgan fingerprint density at radius 1 is 1.38 bits per heavy atom. The summed E-state index contributed by atoms with van der Waals surface area (Å²) in [6.45, 7) is 2.49. The fourth-order valence-corrected chi connectivity index (χ4v) is 2.37. The smallest absolute Gasteiger partial charge is 0.307 e. The molecule has 1 aromatic carbocycles. The van der Waals surface area contributed by atoms with E-state index in [0.29, 0.717) is 13.0 Å². The average molecular weight is 313 g/mol. The van der Waals surface area contributed by atoms with Gasteiger partial charge in [0.2, 0.25) is 5.91 Å². The van der Waals surface area contributed by atoms with Crippen molar-refractivity contribution >= 4 is 24.3 Å². The van der Waals surface area contributed by atoms with Gasteiger partial charge in [-0.2, -0.15) is 0 Å². The molecular formula is C15H21ClN2O3. The van der Waals surface area contributed by atoms with Gasteiger partial charge in [0.25, 0.3) is 0 Å². The van der Waals surface area contributed by atoms with E-state index < -0.39 is 0 Å². The number of amides is 1. The number of halogens is 1. The predicted molar refractivity (Wildman–Crippen MR) is 82.3 cm³/mol. The minimum atomic E-state index is -0.320. The van der Waals surface area contributed by atoms with Crippen LogP contribution in [-0.2, 0) is 27.3 Å². The minimum Gasteiger partial charge on any atom is -0.469 e. The standard InChI is InChI=1S/C15H20N2O3.ClH/c1-10(7-14(18)20-2)17-15(19)13-8-11-5-3-4-6-12(11)9-16-13;/h3-6,10,13,16H,7-9H2,1-2H3,(H,17,19);1H. The average Bonchev–Trinajstić information content (AvgIpc) is 2.46. The van der Waals surface area contributed by atoms with Crippen molar-refractivity contribution in [2.45, 2.75) is 38.4 Å². The number of methoxy groups -OCH3 is 1. The lowest BCUT2D eigenvalue weighted by Crippen LogP contribution is -2.50. The number of hydrogen-bond donors (Lipinski definition) is 2. The number of esters is 1. The third-order valence-electron chi connectivity index (χ3n) is 3.49. The molecule has 1 aliphatic heterocycles. The molecule has 1 heterocycles. The van der Waals surface area contributed by atoms with E-state index in [1.165, 1.54) is 18.2 Å². The van der Waals surface area contributed by atoms with Gasteiger partial charge in [-0.05, 0) is 24.5 Å². The van der Waals surface area contributed by atoms with Gasteiger partial charge in [-0.25, -0.2) is 0 Å². The van der Waals surface area contributed by atoms with Crippen LogP contribution in [-0.4, -0.2) is 31.1 Å². The maximum atomic E-state index is 12.2. The highest BCUT2D eigenvalue weighted by Crippen LogP contribution is 2.16. The molecule has 5 nitrogen and oxygen atoms in total. The minimum absolute atomic E-state index is 0. The molecule has 2 unspecified atom stereocenters. The van der Waals surface area contributed by atoms with E-state index in [1.807, 2.05) is 18.2 Å². The van der Waals surface area contributed by atoms with E-state index in [4.69, 9.17) is 0 Å². The van der Waals surface area contributed by atoms with Crippen LogP contribution in [0.5, 0.6) is 0 Å². The van der Waals surface area contributed by atoms with Crippen molar-refractivity contribution in [1.82, 2.24) is 10.6 Å². The molecule has 0 aromatic heterocycles. The van der Waals surface area contributed by atoms with Crippen LogP contribution >= 0.6 is 12.4 Å². The number of nitrogens with one attached hydrogen (secondary N) is 2. The third-order valence-corrected chi connectivity index (χ3v) is 3.49. The first kappa shape index (κ1) is 17.5. The molecule has 6 heteroatoms. The Bertz CT molecular complexity index is 507. The van der Waals surface area contributed by atoms with Crippen molar-refractivity contribution in [2.75, 3.05) is 7.11 Å². The van der Waals surface area contributed by atoms with Gasteiger partial charge in [-0.15, -0.1) is 12.4 Å². The summed E-state index contributed by atoms with van der Waals surface area (Å²) >= 11 is 0. The number of fused-ring (bicyclic) bond motifs is 1. The van der Waals surface area contributed by atoms with E-state index in [9.17, 15) is 9.59 Å². The molecule has 21 heavy (non-hydrogen) atoms. The zero-order chi connectivity index (χ0) is 14.5. The van der Waals surface area contributed by atoms with Crippen LogP contribution in [0.25, 0.3) is 0 Å². The molecule has 2 N–H and O–H groups in total. The Morgan fingerprint density at radius 2 is 2.05 bits per heavy atom. The monoisotopic (exact) mass is 312 g/mol. The van der Waals surface area contributed by atoms with Crippen molar-refractivity contribution in [3.63, 3.8) is 0 Å². The summed E-state index contributed by atoms with van der Waals surface area (Å²) in [7, 11) is 1.34. The van der Waals surface area contributed by atoms with Crippen LogP contribution in [0.1, 0.15) is 24.5 Å². The van der Waals surface area contributed by atoms with Gasteiger partial charge in [0.1, 0.15) is 0 Å². The van der Waals surface area contributed by atoms with Crippen molar-refractivity contribution in [2.24, 2.45) is 0 Å². The van der Waals surface area contributed by atoms with Gasteiger partial charge < -0.3 is 15.4 Å². The maximum absolute atomic E-state index is 12.2. The second kappa shape index (κ2) is 8.00. The molecule has 0 aliphatic carbocycles. The Hall–Kier alpha value is -1.59. The van der Waals surface area contributed by atoms with Gasteiger partial charge >= 0.3 is 5.97 Å². The van der Waals surface area contributed by atoms with Crippen molar-refractivity contribution in [3.05, 3.63) is 35.4 Å². The van der Waals surface area contributed by atoms with Crippen LogP contribution in [0.2, 0.25) is 0 Å². The summed E-state index contributed by atoms with van der Waals surface area (Å²) in [4.78, 5) is 23.3. The Balaban J connectivity index is 0.00000220. The highest BCUT2D eigenvalue weighted by atomic mass is 35.5. The van der Waals surface area contributed by atoms with Crippen molar-refractivity contribution < 1.29 is 14.3 Å². The Labute approximate surface area is 130 Å². The number of benzene rings is 1. The number of rotatable bonds is 4. The van der Waals surface area contributed by atoms with Crippen LogP contribution in [0, 0.1) is 0 Å². The van der Waals surface area contributed by atoms with Gasteiger partial charge in [-0.1, -0.05) is 24.3 Å². The lowest BCUT2D eigenvalue weighted by molar-refractivity contribution is -0.141. The fourth-order valence-electron chi connectivity index (χ4n) is 2.37. The van der Waals surface area contributed by atoms with Crippen LogP contribution < -0.4 is 10.6 Å². The topological polar surface area (TPSA) is 67.4 Å². The SMILES string of the molecule is COC(=O)CC(C)NC(=O)C1Cc2ccccc2CN1.Cl. The molecule has 0 fully saturated rings. The van der Waals surface area contributed by atoms with Crippen LogP contribution in [0.4, 0.5) is 0 Å². The lowest BCUT2D eigenvalue weighted by atomic mass is 9.95. The summed E-state index contributed by atoms with van der Waals surface area (Å²) in [6, 6.07) is 7.63. The largest absolute Gasteiger partial charge is 0.469 e. The van der Waals surface area contributed by atoms with Gasteiger partial charge in [-0.3, -0.25) is 9.59 Å². The molecule has 0 radical (unpaired) electrons. The van der Waals surface area contributed by atoms with Crippen LogP contribution in [0.15, 0.2) is 24.3 Å². The quantitative estimate of drug-likeness (QED) is 0.820. The first-order valence-electron chi connectivity index (χ1n) is 6.77. The second-order valence-electron chi connectivity index (χ2n) is 5.10. The Morgan fingerprint density at radius 3 is 2.71 bits per heavy atom.